The Morgan fingerprint density at radius 3 is 2.48 bits per heavy atom. The van der Waals surface area contributed by atoms with E-state index in [9.17, 15) is 4.79 Å². The second-order valence-electron chi connectivity index (χ2n) is 7.24. The zero-order valence-electron chi connectivity index (χ0n) is 15.7. The van der Waals surface area contributed by atoms with Gasteiger partial charge in [-0.25, -0.2) is 0 Å². The molecule has 5 nitrogen and oxygen atoms in total. The standard InChI is InChI=1S/C22H27N3O2/c26-22(10-12-24-11-9-18-3-1-2-4-19(18)17-24)23-20-5-7-21(8-6-20)25-13-15-27-16-14-25/h1-8H,9-17H2,(H,23,26). The van der Waals surface area contributed by atoms with Crippen LogP contribution in [-0.4, -0.2) is 50.2 Å². The van der Waals surface area contributed by atoms with Gasteiger partial charge in [-0.1, -0.05) is 24.3 Å². The number of benzene rings is 2. The van der Waals surface area contributed by atoms with Crippen LogP contribution in [0.25, 0.3) is 0 Å². The summed E-state index contributed by atoms with van der Waals surface area (Å²) >= 11 is 0. The van der Waals surface area contributed by atoms with E-state index in [0.29, 0.717) is 6.42 Å². The van der Waals surface area contributed by atoms with Crippen molar-refractivity contribution in [2.75, 3.05) is 49.6 Å². The molecular weight excluding hydrogens is 338 g/mol. The average Bonchev–Trinajstić information content (AvgIpc) is 2.73. The summed E-state index contributed by atoms with van der Waals surface area (Å²) in [6.45, 7) is 6.16. The molecule has 5 heteroatoms. The number of hydrogen-bond acceptors (Lipinski definition) is 4. The molecule has 0 unspecified atom stereocenters. The summed E-state index contributed by atoms with van der Waals surface area (Å²) in [6.07, 6.45) is 1.59. The van der Waals surface area contributed by atoms with Gasteiger partial charge in [0.15, 0.2) is 0 Å². The van der Waals surface area contributed by atoms with E-state index in [-0.39, 0.29) is 5.91 Å². The second kappa shape index (κ2) is 8.55. The van der Waals surface area contributed by atoms with Crippen molar-refractivity contribution in [2.24, 2.45) is 0 Å². The minimum atomic E-state index is 0.0768. The first-order valence-corrected chi connectivity index (χ1v) is 9.80. The summed E-state index contributed by atoms with van der Waals surface area (Å²) in [4.78, 5) is 17.0. The number of carbonyl (C=O) groups is 1. The lowest BCUT2D eigenvalue weighted by Crippen LogP contribution is -2.36. The van der Waals surface area contributed by atoms with Crippen molar-refractivity contribution in [3.63, 3.8) is 0 Å². The van der Waals surface area contributed by atoms with E-state index in [1.165, 1.54) is 16.8 Å². The summed E-state index contributed by atoms with van der Waals surface area (Å²) in [5.74, 6) is 0.0768. The number of anilines is 2. The molecule has 4 rings (SSSR count). The Hall–Kier alpha value is -2.37. The van der Waals surface area contributed by atoms with Gasteiger partial charge in [-0.05, 0) is 41.8 Å². The molecule has 2 heterocycles. The summed E-state index contributed by atoms with van der Waals surface area (Å²) in [6, 6.07) is 16.7. The van der Waals surface area contributed by atoms with Gasteiger partial charge < -0.3 is 15.0 Å². The Morgan fingerprint density at radius 2 is 1.70 bits per heavy atom. The summed E-state index contributed by atoms with van der Waals surface area (Å²) in [5.41, 5.74) is 4.88. The lowest BCUT2D eigenvalue weighted by atomic mass is 10.00. The van der Waals surface area contributed by atoms with Crippen LogP contribution in [0.3, 0.4) is 0 Å². The number of nitrogens with one attached hydrogen (secondary N) is 1. The van der Waals surface area contributed by atoms with Crippen LogP contribution >= 0.6 is 0 Å². The smallest absolute Gasteiger partial charge is 0.225 e. The number of fused-ring (bicyclic) bond motifs is 1. The molecular formula is C22H27N3O2. The van der Waals surface area contributed by atoms with Gasteiger partial charge in [0, 0.05) is 50.5 Å². The Kier molecular flexibility index (Phi) is 5.70. The normalized spacial score (nSPS) is 17.4. The first kappa shape index (κ1) is 18.0. The highest BCUT2D eigenvalue weighted by molar-refractivity contribution is 5.91. The van der Waals surface area contributed by atoms with E-state index in [1.807, 2.05) is 12.1 Å². The highest BCUT2D eigenvalue weighted by Crippen LogP contribution is 2.20. The van der Waals surface area contributed by atoms with Crippen molar-refractivity contribution in [3.8, 4) is 0 Å². The topological polar surface area (TPSA) is 44.8 Å². The van der Waals surface area contributed by atoms with Crippen LogP contribution < -0.4 is 10.2 Å². The van der Waals surface area contributed by atoms with Crippen LogP contribution in [0.2, 0.25) is 0 Å². The molecule has 0 radical (unpaired) electrons. The fraction of sp³-hybridized carbons (Fsp3) is 0.409. The molecule has 2 aliphatic heterocycles. The number of hydrogen-bond donors (Lipinski definition) is 1. The molecule has 2 aliphatic rings. The Balaban J connectivity index is 1.25. The molecule has 0 spiro atoms. The van der Waals surface area contributed by atoms with E-state index >= 15 is 0 Å². The lowest BCUT2D eigenvalue weighted by Gasteiger charge is -2.29. The Bertz CT molecular complexity index is 769. The molecule has 1 saturated heterocycles. The van der Waals surface area contributed by atoms with Crippen molar-refractivity contribution >= 4 is 17.3 Å². The molecule has 0 bridgehead atoms. The van der Waals surface area contributed by atoms with E-state index in [4.69, 9.17) is 4.74 Å². The Morgan fingerprint density at radius 1 is 0.963 bits per heavy atom. The van der Waals surface area contributed by atoms with Crippen LogP contribution in [0.4, 0.5) is 11.4 Å². The van der Waals surface area contributed by atoms with Gasteiger partial charge >= 0.3 is 0 Å². The molecule has 2 aromatic carbocycles. The number of amides is 1. The van der Waals surface area contributed by atoms with Crippen molar-refractivity contribution in [3.05, 3.63) is 59.7 Å². The van der Waals surface area contributed by atoms with Gasteiger partial charge in [0.05, 0.1) is 13.2 Å². The molecule has 1 N–H and O–H groups in total. The van der Waals surface area contributed by atoms with Gasteiger partial charge in [-0.2, -0.15) is 0 Å². The van der Waals surface area contributed by atoms with Crippen LogP contribution in [0.1, 0.15) is 17.5 Å². The molecule has 0 atom stereocenters. The van der Waals surface area contributed by atoms with Gasteiger partial charge in [0.25, 0.3) is 0 Å². The number of nitrogens with zero attached hydrogens (tertiary/aromatic N) is 2. The van der Waals surface area contributed by atoms with Crippen LogP contribution in [-0.2, 0) is 22.5 Å². The van der Waals surface area contributed by atoms with Gasteiger partial charge in [-0.15, -0.1) is 0 Å². The van der Waals surface area contributed by atoms with Crippen molar-refractivity contribution in [1.82, 2.24) is 4.90 Å². The third kappa shape index (κ3) is 4.67. The predicted octanol–water partition coefficient (Wildman–Crippen LogP) is 2.91. The molecule has 2 aromatic rings. The number of ether oxygens (including phenoxy) is 1. The fourth-order valence-corrected chi connectivity index (χ4v) is 3.81. The van der Waals surface area contributed by atoms with Crippen molar-refractivity contribution < 1.29 is 9.53 Å². The predicted molar refractivity (Wildman–Crippen MR) is 108 cm³/mol. The van der Waals surface area contributed by atoms with Gasteiger partial charge in [-0.3, -0.25) is 9.69 Å². The molecule has 27 heavy (non-hydrogen) atoms. The lowest BCUT2D eigenvalue weighted by molar-refractivity contribution is -0.116. The molecule has 0 aliphatic carbocycles. The molecule has 0 saturated carbocycles. The van der Waals surface area contributed by atoms with E-state index < -0.39 is 0 Å². The third-order valence-electron chi connectivity index (χ3n) is 5.39. The van der Waals surface area contributed by atoms with Crippen molar-refractivity contribution in [1.29, 1.82) is 0 Å². The van der Waals surface area contributed by atoms with Gasteiger partial charge in [0.1, 0.15) is 0 Å². The monoisotopic (exact) mass is 365 g/mol. The minimum absolute atomic E-state index is 0.0768. The highest BCUT2D eigenvalue weighted by Gasteiger charge is 2.16. The highest BCUT2D eigenvalue weighted by atomic mass is 16.5. The minimum Gasteiger partial charge on any atom is -0.378 e. The largest absolute Gasteiger partial charge is 0.378 e. The number of rotatable bonds is 5. The van der Waals surface area contributed by atoms with Crippen LogP contribution in [0.15, 0.2) is 48.5 Å². The number of morpholine rings is 1. The summed E-state index contributed by atoms with van der Waals surface area (Å²) in [5, 5.41) is 3.02. The van der Waals surface area contributed by atoms with E-state index in [1.54, 1.807) is 0 Å². The maximum Gasteiger partial charge on any atom is 0.225 e. The quantitative estimate of drug-likeness (QED) is 0.885. The fourth-order valence-electron chi connectivity index (χ4n) is 3.81. The second-order valence-corrected chi connectivity index (χ2v) is 7.24. The maximum atomic E-state index is 12.3. The first-order chi connectivity index (χ1) is 13.3. The third-order valence-corrected chi connectivity index (χ3v) is 5.39. The van der Waals surface area contributed by atoms with E-state index in [0.717, 1.165) is 58.0 Å². The van der Waals surface area contributed by atoms with Crippen LogP contribution in [0.5, 0.6) is 0 Å². The zero-order valence-corrected chi connectivity index (χ0v) is 15.7. The molecule has 1 amide bonds. The number of carbonyl (C=O) groups excluding carboxylic acids is 1. The van der Waals surface area contributed by atoms with Gasteiger partial charge in [0.2, 0.25) is 5.91 Å². The van der Waals surface area contributed by atoms with Crippen LogP contribution in [0, 0.1) is 0 Å². The molecule has 1 fully saturated rings. The zero-order chi connectivity index (χ0) is 18.5. The average molecular weight is 365 g/mol. The van der Waals surface area contributed by atoms with E-state index in [2.05, 4.69) is 51.5 Å². The van der Waals surface area contributed by atoms with Crippen molar-refractivity contribution in [2.45, 2.75) is 19.4 Å². The first-order valence-electron chi connectivity index (χ1n) is 9.80. The Labute approximate surface area is 160 Å². The maximum absolute atomic E-state index is 12.3. The molecule has 0 aromatic heterocycles. The molecule has 142 valence electrons. The summed E-state index contributed by atoms with van der Waals surface area (Å²) < 4.78 is 5.39. The SMILES string of the molecule is O=C(CCN1CCc2ccccc2C1)Nc1ccc(N2CCOCC2)cc1. The summed E-state index contributed by atoms with van der Waals surface area (Å²) in [7, 11) is 0.